The van der Waals surface area contributed by atoms with E-state index in [9.17, 15) is 18.0 Å². The molecule has 0 radical (unpaired) electrons. The highest BCUT2D eigenvalue weighted by Crippen LogP contribution is 2.36. The fraction of sp³-hybridized carbons (Fsp3) is 0.412. The van der Waals surface area contributed by atoms with Gasteiger partial charge in [-0.1, -0.05) is 6.07 Å². The van der Waals surface area contributed by atoms with Crippen LogP contribution in [0.4, 0.5) is 13.2 Å². The van der Waals surface area contributed by atoms with Gasteiger partial charge in [-0.25, -0.2) is 0 Å². The Bertz CT molecular complexity index is 822. The summed E-state index contributed by atoms with van der Waals surface area (Å²) in [5.74, 6) is 0.390. The second-order valence-electron chi connectivity index (χ2n) is 5.46. The van der Waals surface area contributed by atoms with Crippen molar-refractivity contribution in [3.8, 4) is 11.5 Å². The van der Waals surface area contributed by atoms with Crippen LogP contribution in [-0.2, 0) is 19.8 Å². The number of halogens is 4. The third-order valence-corrected chi connectivity index (χ3v) is 4.29. The number of rotatable bonds is 7. The van der Waals surface area contributed by atoms with Crippen LogP contribution in [0.2, 0.25) is 0 Å². The molecule has 2 aromatic rings. The van der Waals surface area contributed by atoms with Crippen LogP contribution >= 0.6 is 15.9 Å². The number of hydrogen-bond donors (Lipinski definition) is 1. The molecule has 1 N–H and O–H groups in total. The molecule has 0 aliphatic rings. The van der Waals surface area contributed by atoms with E-state index in [2.05, 4.69) is 26.3 Å². The first kappa shape index (κ1) is 21.1. The highest BCUT2D eigenvalue weighted by molar-refractivity contribution is 9.10. The Morgan fingerprint density at radius 1 is 1.22 bits per heavy atom. The number of aryl methyl sites for hydroxylation is 1. The lowest BCUT2D eigenvalue weighted by Crippen LogP contribution is -2.23. The fourth-order valence-electron chi connectivity index (χ4n) is 2.42. The number of aromatic nitrogens is 2. The highest BCUT2D eigenvalue weighted by atomic mass is 79.9. The van der Waals surface area contributed by atoms with E-state index in [0.29, 0.717) is 35.0 Å². The summed E-state index contributed by atoms with van der Waals surface area (Å²) in [7, 11) is 1.13. The lowest BCUT2D eigenvalue weighted by molar-refractivity contribution is -0.144. The third-order valence-electron chi connectivity index (χ3n) is 3.53. The van der Waals surface area contributed by atoms with E-state index in [1.54, 1.807) is 18.2 Å². The zero-order valence-corrected chi connectivity index (χ0v) is 16.6. The molecule has 0 saturated heterocycles. The highest BCUT2D eigenvalue weighted by Gasteiger charge is 2.39. The first-order valence-electron chi connectivity index (χ1n) is 8.15. The van der Waals surface area contributed by atoms with E-state index in [-0.39, 0.29) is 12.2 Å². The van der Waals surface area contributed by atoms with Gasteiger partial charge in [-0.15, -0.1) is 0 Å². The van der Waals surface area contributed by atoms with Gasteiger partial charge in [0.2, 0.25) is 0 Å². The van der Waals surface area contributed by atoms with Crippen molar-refractivity contribution in [1.29, 1.82) is 0 Å². The van der Waals surface area contributed by atoms with Crippen LogP contribution < -0.4 is 14.8 Å². The largest absolute Gasteiger partial charge is 0.490 e. The molecule has 0 spiro atoms. The van der Waals surface area contributed by atoms with Crippen molar-refractivity contribution in [2.75, 3.05) is 13.2 Å². The van der Waals surface area contributed by atoms with Gasteiger partial charge in [-0.05, 0) is 47.5 Å². The standard InChI is InChI=1S/C17H19BrF3N3O3/c1-4-26-11-7-6-10(8-12(11)27-5-2)9-22-16(25)14-13(18)15(17(19,20)21)24(3)23-14/h6-8H,4-5,9H2,1-3H3,(H,22,25). The Balaban J connectivity index is 2.15. The van der Waals surface area contributed by atoms with Gasteiger partial charge in [0.1, 0.15) is 0 Å². The molecule has 10 heteroatoms. The summed E-state index contributed by atoms with van der Waals surface area (Å²) in [5.41, 5.74) is -0.647. The summed E-state index contributed by atoms with van der Waals surface area (Å²) < 4.78 is 50.2. The Labute approximate surface area is 162 Å². The monoisotopic (exact) mass is 449 g/mol. The topological polar surface area (TPSA) is 65.4 Å². The van der Waals surface area contributed by atoms with E-state index in [1.807, 2.05) is 13.8 Å². The molecule has 27 heavy (non-hydrogen) atoms. The first-order valence-corrected chi connectivity index (χ1v) is 8.94. The van der Waals surface area contributed by atoms with Crippen LogP contribution in [0.3, 0.4) is 0 Å². The zero-order valence-electron chi connectivity index (χ0n) is 15.0. The number of amides is 1. The lowest BCUT2D eigenvalue weighted by atomic mass is 10.2. The summed E-state index contributed by atoms with van der Waals surface area (Å²) in [5, 5.41) is 6.23. The second kappa shape index (κ2) is 8.64. The van der Waals surface area contributed by atoms with Gasteiger partial charge in [0.25, 0.3) is 5.91 Å². The van der Waals surface area contributed by atoms with Crippen molar-refractivity contribution < 1.29 is 27.4 Å². The summed E-state index contributed by atoms with van der Waals surface area (Å²) in [4.78, 5) is 12.3. The van der Waals surface area contributed by atoms with Crippen LogP contribution in [0.15, 0.2) is 22.7 Å². The van der Waals surface area contributed by atoms with Crippen molar-refractivity contribution in [1.82, 2.24) is 15.1 Å². The van der Waals surface area contributed by atoms with Crippen molar-refractivity contribution in [3.63, 3.8) is 0 Å². The molecule has 148 valence electrons. The predicted octanol–water partition coefficient (Wildman–Crippen LogP) is 3.93. The maximum Gasteiger partial charge on any atom is 0.434 e. The maximum atomic E-state index is 13.0. The molecule has 0 fully saturated rings. The van der Waals surface area contributed by atoms with Gasteiger partial charge < -0.3 is 14.8 Å². The molecule has 6 nitrogen and oxygen atoms in total. The van der Waals surface area contributed by atoms with Crippen molar-refractivity contribution >= 4 is 21.8 Å². The number of ether oxygens (including phenoxy) is 2. The maximum absolute atomic E-state index is 13.0. The van der Waals surface area contributed by atoms with E-state index < -0.39 is 22.3 Å². The molecule has 2 rings (SSSR count). The number of benzene rings is 1. The second-order valence-corrected chi connectivity index (χ2v) is 6.26. The van der Waals surface area contributed by atoms with Gasteiger partial charge >= 0.3 is 6.18 Å². The molecule has 0 unspecified atom stereocenters. The smallest absolute Gasteiger partial charge is 0.434 e. The van der Waals surface area contributed by atoms with Crippen LogP contribution in [0.5, 0.6) is 11.5 Å². The van der Waals surface area contributed by atoms with Crippen molar-refractivity contribution in [3.05, 3.63) is 39.6 Å². The minimum atomic E-state index is -4.62. The normalized spacial score (nSPS) is 11.4. The molecule has 1 heterocycles. The SMILES string of the molecule is CCOc1ccc(CNC(=O)c2nn(C)c(C(F)(F)F)c2Br)cc1OCC. The van der Waals surface area contributed by atoms with Crippen LogP contribution in [0.25, 0.3) is 0 Å². The number of carbonyl (C=O) groups is 1. The molecule has 0 aliphatic heterocycles. The first-order chi connectivity index (χ1) is 12.7. The Morgan fingerprint density at radius 3 is 2.41 bits per heavy atom. The number of hydrogen-bond acceptors (Lipinski definition) is 4. The number of nitrogens with zero attached hydrogens (tertiary/aromatic N) is 2. The average Bonchev–Trinajstić information content (AvgIpc) is 2.89. The summed E-state index contributed by atoms with van der Waals surface area (Å²) in [6, 6.07) is 5.17. The quantitative estimate of drug-likeness (QED) is 0.695. The van der Waals surface area contributed by atoms with Crippen molar-refractivity contribution in [2.24, 2.45) is 7.05 Å². The number of alkyl halides is 3. The van der Waals surface area contributed by atoms with E-state index in [0.717, 1.165) is 7.05 Å². The average molecular weight is 450 g/mol. The predicted molar refractivity (Wildman–Crippen MR) is 95.9 cm³/mol. The van der Waals surface area contributed by atoms with Gasteiger partial charge in [0, 0.05) is 13.6 Å². The van der Waals surface area contributed by atoms with Crippen LogP contribution in [0, 0.1) is 0 Å². The van der Waals surface area contributed by atoms with E-state index in [4.69, 9.17) is 9.47 Å². The molecule has 1 aromatic heterocycles. The van der Waals surface area contributed by atoms with E-state index >= 15 is 0 Å². The molecule has 0 aliphatic carbocycles. The van der Waals surface area contributed by atoms with Gasteiger partial charge in [0.15, 0.2) is 22.9 Å². The molecule has 0 bridgehead atoms. The molecule has 1 amide bonds. The van der Waals surface area contributed by atoms with E-state index in [1.165, 1.54) is 0 Å². The number of nitrogens with one attached hydrogen (secondary N) is 1. The molecular formula is C17H19BrF3N3O3. The summed E-state index contributed by atoms with van der Waals surface area (Å²) >= 11 is 2.82. The molecule has 0 atom stereocenters. The lowest BCUT2D eigenvalue weighted by Gasteiger charge is -2.12. The minimum absolute atomic E-state index is 0.0929. The molecule has 1 aromatic carbocycles. The third kappa shape index (κ3) is 4.94. The van der Waals surface area contributed by atoms with Gasteiger partial charge in [-0.3, -0.25) is 9.48 Å². The van der Waals surface area contributed by atoms with Crippen molar-refractivity contribution in [2.45, 2.75) is 26.6 Å². The summed E-state index contributed by atoms with van der Waals surface area (Å²) in [6.45, 7) is 4.70. The Kier molecular flexibility index (Phi) is 6.74. The van der Waals surface area contributed by atoms with Gasteiger partial charge in [-0.2, -0.15) is 18.3 Å². The Hall–Kier alpha value is -2.23. The summed E-state index contributed by atoms with van der Waals surface area (Å²) in [6.07, 6.45) is -4.62. The Morgan fingerprint density at radius 2 is 1.85 bits per heavy atom. The minimum Gasteiger partial charge on any atom is -0.490 e. The van der Waals surface area contributed by atoms with Gasteiger partial charge in [0.05, 0.1) is 17.7 Å². The fourth-order valence-corrected chi connectivity index (χ4v) is 3.16. The molecule has 0 saturated carbocycles. The number of carbonyl (C=O) groups excluding carboxylic acids is 1. The van der Waals surface area contributed by atoms with Crippen LogP contribution in [0.1, 0.15) is 35.6 Å². The zero-order chi connectivity index (χ0) is 20.2. The molecular weight excluding hydrogens is 431 g/mol. The van der Waals surface area contributed by atoms with Crippen LogP contribution in [-0.4, -0.2) is 28.9 Å².